The number of nitrogens with one attached hydrogen (secondary N) is 1. The van der Waals surface area contributed by atoms with Crippen LogP contribution in [0.15, 0.2) is 46.0 Å². The molecular weight excluding hydrogens is 410 g/mol. The molecular formula is C20H25N3O4S2. The van der Waals surface area contributed by atoms with Gasteiger partial charge in [0.1, 0.15) is 4.21 Å². The number of morpholine rings is 1. The lowest BCUT2D eigenvalue weighted by atomic mass is 9.98. The van der Waals surface area contributed by atoms with Crippen molar-refractivity contribution in [2.24, 2.45) is 5.92 Å². The Hall–Kier alpha value is -1.94. The molecule has 9 heteroatoms. The molecule has 1 aromatic carbocycles. The summed E-state index contributed by atoms with van der Waals surface area (Å²) >= 11 is 1.21. The maximum absolute atomic E-state index is 12.8. The number of benzene rings is 1. The van der Waals surface area contributed by atoms with Crippen LogP contribution in [-0.4, -0.2) is 58.0 Å². The van der Waals surface area contributed by atoms with E-state index < -0.39 is 10.0 Å². The third-order valence-electron chi connectivity index (χ3n) is 5.36. The summed E-state index contributed by atoms with van der Waals surface area (Å²) in [6, 6.07) is 11.1. The second-order valence-electron chi connectivity index (χ2n) is 7.27. The predicted octanol–water partition coefficient (Wildman–Crippen LogP) is 2.62. The first-order valence-corrected chi connectivity index (χ1v) is 12.1. The van der Waals surface area contributed by atoms with Gasteiger partial charge in [-0.3, -0.25) is 4.79 Å². The van der Waals surface area contributed by atoms with Gasteiger partial charge in [0.05, 0.1) is 19.1 Å². The molecule has 0 bridgehead atoms. The number of nitrogens with zero attached hydrogens (tertiary/aromatic N) is 2. The average molecular weight is 436 g/mol. The Balaban J connectivity index is 1.38. The van der Waals surface area contributed by atoms with Crippen molar-refractivity contribution in [3.05, 3.63) is 41.8 Å². The fourth-order valence-corrected chi connectivity index (χ4v) is 6.40. The van der Waals surface area contributed by atoms with Gasteiger partial charge in [-0.25, -0.2) is 8.42 Å². The van der Waals surface area contributed by atoms with Crippen LogP contribution < -0.4 is 10.2 Å². The number of rotatable bonds is 5. The lowest BCUT2D eigenvalue weighted by Gasteiger charge is -2.31. The third-order valence-corrected chi connectivity index (χ3v) is 8.59. The summed E-state index contributed by atoms with van der Waals surface area (Å²) in [4.78, 5) is 15.0. The van der Waals surface area contributed by atoms with E-state index in [-0.39, 0.29) is 18.4 Å². The minimum absolute atomic E-state index is 0.129. The number of carbonyl (C=O) groups excluding carboxylic acids is 1. The lowest BCUT2D eigenvalue weighted by Crippen LogP contribution is -2.43. The van der Waals surface area contributed by atoms with Crippen molar-refractivity contribution in [2.45, 2.75) is 17.1 Å². The van der Waals surface area contributed by atoms with Gasteiger partial charge in [-0.05, 0) is 48.6 Å². The van der Waals surface area contributed by atoms with Crippen molar-refractivity contribution in [1.82, 2.24) is 4.31 Å². The Morgan fingerprint density at radius 2 is 1.86 bits per heavy atom. The van der Waals surface area contributed by atoms with Crippen molar-refractivity contribution < 1.29 is 17.9 Å². The van der Waals surface area contributed by atoms with E-state index in [9.17, 15) is 13.2 Å². The Bertz CT molecular complexity index is 923. The van der Waals surface area contributed by atoms with Crippen LogP contribution in [0.5, 0.6) is 0 Å². The smallest absolute Gasteiger partial charge is 0.252 e. The molecule has 1 N–H and O–H groups in total. The van der Waals surface area contributed by atoms with E-state index in [1.807, 2.05) is 24.3 Å². The standard InChI is InChI=1S/C20H25N3O4S2/c24-20(21-17-5-7-18(8-6-17)22-10-12-27-13-11-22)16-3-1-9-23(15-16)29(25,26)19-4-2-14-28-19/h2,4-8,14,16H,1,3,9-13,15H2,(H,21,24)/t16-/m0/s1. The quantitative estimate of drug-likeness (QED) is 0.781. The molecule has 0 saturated carbocycles. The number of anilines is 2. The molecule has 2 aliphatic heterocycles. The van der Waals surface area contributed by atoms with E-state index in [0.29, 0.717) is 23.6 Å². The molecule has 4 rings (SSSR count). The maximum Gasteiger partial charge on any atom is 0.252 e. The molecule has 156 valence electrons. The highest BCUT2D eigenvalue weighted by atomic mass is 32.2. The Kier molecular flexibility index (Phi) is 6.19. The number of piperidine rings is 1. The molecule has 1 aromatic heterocycles. The summed E-state index contributed by atoms with van der Waals surface area (Å²) in [6.07, 6.45) is 1.37. The van der Waals surface area contributed by atoms with Crippen molar-refractivity contribution >= 4 is 38.6 Å². The summed E-state index contributed by atoms with van der Waals surface area (Å²) in [5.41, 5.74) is 1.84. The minimum Gasteiger partial charge on any atom is -0.378 e. The van der Waals surface area contributed by atoms with Crippen molar-refractivity contribution in [2.75, 3.05) is 49.6 Å². The topological polar surface area (TPSA) is 79.0 Å². The molecule has 0 spiro atoms. The first kappa shape index (κ1) is 20.3. The monoisotopic (exact) mass is 435 g/mol. The molecule has 1 atom stereocenters. The van der Waals surface area contributed by atoms with E-state index >= 15 is 0 Å². The van der Waals surface area contributed by atoms with Crippen molar-refractivity contribution in [3.63, 3.8) is 0 Å². The number of hydrogen-bond donors (Lipinski definition) is 1. The molecule has 7 nitrogen and oxygen atoms in total. The molecule has 2 aromatic rings. The second-order valence-corrected chi connectivity index (χ2v) is 10.4. The molecule has 2 fully saturated rings. The molecule has 0 radical (unpaired) electrons. The third kappa shape index (κ3) is 4.63. The molecule has 0 aliphatic carbocycles. The van der Waals surface area contributed by atoms with Crippen molar-refractivity contribution in [1.29, 1.82) is 0 Å². The summed E-state index contributed by atoms with van der Waals surface area (Å²) < 4.78 is 32.7. The zero-order valence-electron chi connectivity index (χ0n) is 16.1. The van der Waals surface area contributed by atoms with E-state index in [2.05, 4.69) is 10.2 Å². The van der Waals surface area contributed by atoms with Gasteiger partial charge in [0.25, 0.3) is 10.0 Å². The number of sulfonamides is 1. The highest BCUT2D eigenvalue weighted by Gasteiger charge is 2.33. The first-order valence-electron chi connectivity index (χ1n) is 9.81. The van der Waals surface area contributed by atoms with Gasteiger partial charge in [-0.1, -0.05) is 6.07 Å². The minimum atomic E-state index is -3.52. The number of thiophene rings is 1. The van der Waals surface area contributed by atoms with Gasteiger partial charge in [0, 0.05) is 37.6 Å². The van der Waals surface area contributed by atoms with Crippen molar-refractivity contribution in [3.8, 4) is 0 Å². The van der Waals surface area contributed by atoms with Crippen LogP contribution in [0.2, 0.25) is 0 Å². The highest BCUT2D eigenvalue weighted by Crippen LogP contribution is 2.27. The van der Waals surface area contributed by atoms with Gasteiger partial charge in [0.15, 0.2) is 0 Å². The normalized spacial score (nSPS) is 21.1. The molecule has 0 unspecified atom stereocenters. The van der Waals surface area contributed by atoms with E-state index in [1.165, 1.54) is 15.6 Å². The van der Waals surface area contributed by atoms with E-state index in [4.69, 9.17) is 4.74 Å². The van der Waals surface area contributed by atoms with Crippen LogP contribution in [0.4, 0.5) is 11.4 Å². The predicted molar refractivity (Wildman–Crippen MR) is 114 cm³/mol. The van der Waals surface area contributed by atoms with Gasteiger partial charge in [0.2, 0.25) is 5.91 Å². The zero-order chi connectivity index (χ0) is 20.3. The number of hydrogen-bond acceptors (Lipinski definition) is 6. The number of amides is 1. The first-order chi connectivity index (χ1) is 14.0. The van der Waals surface area contributed by atoms with Crippen LogP contribution in [-0.2, 0) is 19.6 Å². The highest BCUT2D eigenvalue weighted by molar-refractivity contribution is 7.91. The van der Waals surface area contributed by atoms with Crippen LogP contribution >= 0.6 is 11.3 Å². The Morgan fingerprint density at radius 3 is 2.55 bits per heavy atom. The van der Waals surface area contributed by atoms with Gasteiger partial charge in [-0.15, -0.1) is 11.3 Å². The fraction of sp³-hybridized carbons (Fsp3) is 0.450. The summed E-state index contributed by atoms with van der Waals surface area (Å²) in [7, 11) is -3.52. The summed E-state index contributed by atoms with van der Waals surface area (Å²) in [6.45, 7) is 3.86. The second kappa shape index (κ2) is 8.83. The average Bonchev–Trinajstić information content (AvgIpc) is 3.31. The molecule has 3 heterocycles. The molecule has 2 aliphatic rings. The molecule has 1 amide bonds. The zero-order valence-corrected chi connectivity index (χ0v) is 17.8. The molecule has 29 heavy (non-hydrogen) atoms. The van der Waals surface area contributed by atoms with Gasteiger partial charge >= 0.3 is 0 Å². The van der Waals surface area contributed by atoms with Crippen LogP contribution in [0.25, 0.3) is 0 Å². The van der Waals surface area contributed by atoms with Gasteiger partial charge < -0.3 is 15.0 Å². The summed E-state index contributed by atoms with van der Waals surface area (Å²) in [5.74, 6) is -0.479. The van der Waals surface area contributed by atoms with Crippen LogP contribution in [0, 0.1) is 5.92 Å². The summed E-state index contributed by atoms with van der Waals surface area (Å²) in [5, 5.41) is 4.70. The maximum atomic E-state index is 12.8. The van der Waals surface area contributed by atoms with Crippen LogP contribution in [0.1, 0.15) is 12.8 Å². The Morgan fingerprint density at radius 1 is 1.10 bits per heavy atom. The SMILES string of the molecule is O=C(Nc1ccc(N2CCOCC2)cc1)[C@H]1CCCN(S(=O)(=O)c2cccs2)C1. The van der Waals surface area contributed by atoms with Gasteiger partial charge in [-0.2, -0.15) is 4.31 Å². The van der Waals surface area contributed by atoms with Crippen LogP contribution in [0.3, 0.4) is 0 Å². The molecule has 2 saturated heterocycles. The van der Waals surface area contributed by atoms with E-state index in [0.717, 1.165) is 37.7 Å². The Labute approximate surface area is 175 Å². The largest absolute Gasteiger partial charge is 0.378 e. The fourth-order valence-electron chi connectivity index (χ4n) is 3.73. The lowest BCUT2D eigenvalue weighted by molar-refractivity contribution is -0.120. The van der Waals surface area contributed by atoms with E-state index in [1.54, 1.807) is 17.5 Å². The number of ether oxygens (including phenoxy) is 1. The number of carbonyl (C=O) groups is 1.